The van der Waals surface area contributed by atoms with E-state index in [0.717, 1.165) is 53.0 Å². The first-order valence-corrected chi connectivity index (χ1v) is 13.1. The maximum atomic E-state index is 13.1. The minimum atomic E-state index is 0.127. The lowest BCUT2D eigenvalue weighted by atomic mass is 9.99. The number of amides is 1. The number of benzene rings is 1. The van der Waals surface area contributed by atoms with E-state index < -0.39 is 0 Å². The molecule has 4 aromatic rings. The second-order valence-electron chi connectivity index (χ2n) is 8.17. The van der Waals surface area contributed by atoms with Gasteiger partial charge in [-0.2, -0.15) is 0 Å². The van der Waals surface area contributed by atoms with Gasteiger partial charge >= 0.3 is 0 Å². The number of para-hydroxylation sites is 1. The number of carbonyl (C=O) groups excluding carboxylic acids is 1. The number of aromatic nitrogens is 5. The smallest absolute Gasteiger partial charge is 0.233 e. The van der Waals surface area contributed by atoms with Crippen molar-refractivity contribution < 1.29 is 9.53 Å². The Hall–Kier alpha value is -2.82. The van der Waals surface area contributed by atoms with E-state index in [1.807, 2.05) is 33.7 Å². The molecule has 1 fully saturated rings. The summed E-state index contributed by atoms with van der Waals surface area (Å²) < 4.78 is 8.50. The number of likely N-dealkylation sites (tertiary alicyclic amines) is 1. The summed E-state index contributed by atoms with van der Waals surface area (Å²) in [4.78, 5) is 24.0. The highest BCUT2D eigenvalue weighted by atomic mass is 32.2. The van der Waals surface area contributed by atoms with E-state index in [-0.39, 0.29) is 5.91 Å². The zero-order chi connectivity index (χ0) is 23.3. The SMILES string of the molecule is COCCn1c(SCC(=O)N2CCC[C@@H](c3nc4ccccc4s3)C2)nnc1-c1ccncc1. The number of pyridine rings is 1. The summed E-state index contributed by atoms with van der Waals surface area (Å²) in [5.41, 5.74) is 1.98. The van der Waals surface area contributed by atoms with Crippen LogP contribution in [-0.4, -0.2) is 68.1 Å². The molecular weight excluding hydrogens is 468 g/mol. The molecule has 1 aromatic carbocycles. The predicted molar refractivity (Wildman–Crippen MR) is 134 cm³/mol. The fourth-order valence-electron chi connectivity index (χ4n) is 4.18. The number of hydrogen-bond donors (Lipinski definition) is 0. The quantitative estimate of drug-likeness (QED) is 0.341. The van der Waals surface area contributed by atoms with E-state index in [4.69, 9.17) is 9.72 Å². The molecule has 0 radical (unpaired) electrons. The zero-order valence-electron chi connectivity index (χ0n) is 19.0. The fourth-order valence-corrected chi connectivity index (χ4v) is 6.14. The molecule has 0 N–H and O–H groups in total. The lowest BCUT2D eigenvalue weighted by molar-refractivity contribution is -0.129. The molecule has 4 heterocycles. The lowest BCUT2D eigenvalue weighted by Crippen LogP contribution is -2.40. The van der Waals surface area contributed by atoms with Crippen molar-refractivity contribution in [2.45, 2.75) is 30.5 Å². The van der Waals surface area contributed by atoms with Crippen LogP contribution < -0.4 is 0 Å². The van der Waals surface area contributed by atoms with Crippen LogP contribution in [-0.2, 0) is 16.1 Å². The highest BCUT2D eigenvalue weighted by Crippen LogP contribution is 2.33. The van der Waals surface area contributed by atoms with Crippen LogP contribution in [0, 0.1) is 0 Å². The van der Waals surface area contributed by atoms with Gasteiger partial charge in [-0.15, -0.1) is 21.5 Å². The van der Waals surface area contributed by atoms with Crippen molar-refractivity contribution in [2.24, 2.45) is 0 Å². The molecule has 34 heavy (non-hydrogen) atoms. The lowest BCUT2D eigenvalue weighted by Gasteiger charge is -2.31. The Kier molecular flexibility index (Phi) is 7.17. The van der Waals surface area contributed by atoms with Crippen molar-refractivity contribution in [3.05, 3.63) is 53.8 Å². The molecule has 0 spiro atoms. The molecule has 3 aromatic heterocycles. The van der Waals surface area contributed by atoms with Gasteiger partial charge in [0.1, 0.15) is 0 Å². The maximum Gasteiger partial charge on any atom is 0.233 e. The molecule has 5 rings (SSSR count). The minimum Gasteiger partial charge on any atom is -0.383 e. The first-order valence-electron chi connectivity index (χ1n) is 11.3. The zero-order valence-corrected chi connectivity index (χ0v) is 20.6. The molecule has 8 nitrogen and oxygen atoms in total. The number of methoxy groups -OCH3 is 1. The topological polar surface area (TPSA) is 86.0 Å². The van der Waals surface area contributed by atoms with Gasteiger partial charge in [0, 0.05) is 44.1 Å². The van der Waals surface area contributed by atoms with Crippen molar-refractivity contribution in [1.82, 2.24) is 29.6 Å². The third-order valence-corrected chi connectivity index (χ3v) is 8.08. The first kappa shape index (κ1) is 22.9. The second kappa shape index (κ2) is 10.6. The molecule has 0 unspecified atom stereocenters. The van der Waals surface area contributed by atoms with E-state index in [0.29, 0.717) is 24.8 Å². The molecule has 1 aliphatic rings. The average Bonchev–Trinajstić information content (AvgIpc) is 3.51. The van der Waals surface area contributed by atoms with Gasteiger partial charge in [-0.05, 0) is 37.1 Å². The van der Waals surface area contributed by atoms with E-state index in [1.54, 1.807) is 30.8 Å². The van der Waals surface area contributed by atoms with Crippen molar-refractivity contribution in [2.75, 3.05) is 32.6 Å². The Morgan fingerprint density at radius 2 is 2.06 bits per heavy atom. The summed E-state index contributed by atoms with van der Waals surface area (Å²) in [5.74, 6) is 1.50. The number of nitrogens with zero attached hydrogens (tertiary/aromatic N) is 6. The highest BCUT2D eigenvalue weighted by molar-refractivity contribution is 7.99. The summed E-state index contributed by atoms with van der Waals surface area (Å²) in [6, 6.07) is 12.0. The summed E-state index contributed by atoms with van der Waals surface area (Å²) in [6.45, 7) is 2.66. The van der Waals surface area contributed by atoms with Crippen LogP contribution in [0.15, 0.2) is 53.9 Å². The van der Waals surface area contributed by atoms with Crippen LogP contribution in [0.5, 0.6) is 0 Å². The molecule has 1 aliphatic heterocycles. The maximum absolute atomic E-state index is 13.1. The van der Waals surface area contributed by atoms with E-state index >= 15 is 0 Å². The number of fused-ring (bicyclic) bond motifs is 1. The van der Waals surface area contributed by atoms with Gasteiger partial charge < -0.3 is 9.64 Å². The third-order valence-electron chi connectivity index (χ3n) is 5.93. The number of ether oxygens (including phenoxy) is 1. The van der Waals surface area contributed by atoms with E-state index in [2.05, 4.69) is 27.3 Å². The third kappa shape index (κ3) is 4.98. The van der Waals surface area contributed by atoms with Crippen molar-refractivity contribution >= 4 is 39.2 Å². The van der Waals surface area contributed by atoms with Crippen LogP contribution in [0.1, 0.15) is 23.8 Å². The number of carbonyl (C=O) groups is 1. The van der Waals surface area contributed by atoms with Gasteiger partial charge in [0.05, 0.1) is 34.1 Å². The molecule has 10 heteroatoms. The largest absolute Gasteiger partial charge is 0.383 e. The average molecular weight is 495 g/mol. The monoisotopic (exact) mass is 494 g/mol. The number of hydrogen-bond acceptors (Lipinski definition) is 8. The Morgan fingerprint density at radius 3 is 2.88 bits per heavy atom. The van der Waals surface area contributed by atoms with Crippen LogP contribution in [0.3, 0.4) is 0 Å². The predicted octanol–water partition coefficient (Wildman–Crippen LogP) is 4.09. The van der Waals surface area contributed by atoms with Crippen molar-refractivity contribution in [1.29, 1.82) is 0 Å². The molecule has 1 amide bonds. The molecule has 0 saturated carbocycles. The summed E-state index contributed by atoms with van der Waals surface area (Å²) in [5, 5.41) is 10.6. The van der Waals surface area contributed by atoms with Crippen molar-refractivity contribution in [3.63, 3.8) is 0 Å². The first-order chi connectivity index (χ1) is 16.7. The van der Waals surface area contributed by atoms with E-state index in [9.17, 15) is 4.79 Å². The molecular formula is C24H26N6O2S2. The van der Waals surface area contributed by atoms with Crippen molar-refractivity contribution in [3.8, 4) is 11.4 Å². The number of thioether (sulfide) groups is 1. The molecule has 0 aliphatic carbocycles. The van der Waals surface area contributed by atoms with Crippen LogP contribution in [0.4, 0.5) is 0 Å². The molecule has 1 atom stereocenters. The van der Waals surface area contributed by atoms with Gasteiger partial charge in [0.2, 0.25) is 5.91 Å². The normalized spacial score (nSPS) is 16.3. The number of rotatable bonds is 8. The van der Waals surface area contributed by atoms with Gasteiger partial charge in [-0.25, -0.2) is 4.98 Å². The Labute approximate surface area is 206 Å². The van der Waals surface area contributed by atoms with Crippen LogP contribution >= 0.6 is 23.1 Å². The van der Waals surface area contributed by atoms with Crippen LogP contribution in [0.25, 0.3) is 21.6 Å². The fraction of sp³-hybridized carbons (Fsp3) is 0.375. The second-order valence-corrected chi connectivity index (χ2v) is 10.2. The van der Waals surface area contributed by atoms with E-state index in [1.165, 1.54) is 16.5 Å². The highest BCUT2D eigenvalue weighted by Gasteiger charge is 2.27. The van der Waals surface area contributed by atoms with Gasteiger partial charge in [-0.3, -0.25) is 14.3 Å². The summed E-state index contributed by atoms with van der Waals surface area (Å²) >= 11 is 3.18. The Morgan fingerprint density at radius 1 is 1.21 bits per heavy atom. The van der Waals surface area contributed by atoms with Gasteiger partial charge in [0.15, 0.2) is 11.0 Å². The Balaban J connectivity index is 1.26. The van der Waals surface area contributed by atoms with Gasteiger partial charge in [-0.1, -0.05) is 23.9 Å². The minimum absolute atomic E-state index is 0.127. The molecule has 176 valence electrons. The number of piperidine rings is 1. The summed E-state index contributed by atoms with van der Waals surface area (Å²) in [7, 11) is 1.67. The molecule has 0 bridgehead atoms. The standard InChI is InChI=1S/C24H26N6O2S2/c1-32-14-13-30-22(17-8-10-25-11-9-17)27-28-24(30)33-16-21(31)29-12-4-5-18(15-29)23-26-19-6-2-3-7-20(19)34-23/h2-3,6-11,18H,4-5,12-16H2,1H3/t18-/m1/s1. The van der Waals surface area contributed by atoms with Gasteiger partial charge in [0.25, 0.3) is 0 Å². The summed E-state index contributed by atoms with van der Waals surface area (Å²) in [6.07, 6.45) is 5.53. The molecule has 1 saturated heterocycles. The van der Waals surface area contributed by atoms with Crippen LogP contribution in [0.2, 0.25) is 0 Å². The number of thiazole rings is 1. The Bertz CT molecular complexity index is 1230.